The first-order valence-electron chi connectivity index (χ1n) is 9.08. The molecule has 1 aromatic rings. The molecule has 2 atom stereocenters. The summed E-state index contributed by atoms with van der Waals surface area (Å²) in [5, 5.41) is 13.0. The number of hydrogen-bond acceptors (Lipinski definition) is 7. The molecule has 1 fully saturated rings. The van der Waals surface area contributed by atoms with Crippen LogP contribution in [0, 0.1) is 6.92 Å². The van der Waals surface area contributed by atoms with E-state index in [1.54, 1.807) is 14.0 Å². The summed E-state index contributed by atoms with van der Waals surface area (Å²) in [5.74, 6) is -1.13. The Morgan fingerprint density at radius 1 is 1.46 bits per heavy atom. The van der Waals surface area contributed by atoms with E-state index in [9.17, 15) is 14.7 Å². The Labute approximate surface area is 175 Å². The number of aromatic nitrogens is 1. The van der Waals surface area contributed by atoms with E-state index in [-0.39, 0.29) is 22.9 Å². The highest BCUT2D eigenvalue weighted by Crippen LogP contribution is 2.30. The summed E-state index contributed by atoms with van der Waals surface area (Å²) in [6, 6.07) is -0.138. The van der Waals surface area contributed by atoms with Crippen LogP contribution in [0.3, 0.4) is 0 Å². The monoisotopic (exact) mass is 470 g/mol. The average molecular weight is 471 g/mol. The lowest BCUT2D eigenvalue weighted by molar-refractivity contribution is -0.116. The number of allylic oxidation sites excluding steroid dienone is 1. The first-order valence-corrected chi connectivity index (χ1v) is 10.7. The second-order valence-corrected chi connectivity index (χ2v) is 8.52. The minimum Gasteiger partial charge on any atom is -0.477 e. The zero-order chi connectivity index (χ0) is 20.4. The van der Waals surface area contributed by atoms with Crippen molar-refractivity contribution in [1.29, 1.82) is 0 Å². The quantitative estimate of drug-likeness (QED) is 0.619. The van der Waals surface area contributed by atoms with Gasteiger partial charge in [0.2, 0.25) is 0 Å². The molecule has 1 amide bonds. The Morgan fingerprint density at radius 3 is 2.79 bits per heavy atom. The highest BCUT2D eigenvalue weighted by Gasteiger charge is 2.33. The van der Waals surface area contributed by atoms with Gasteiger partial charge in [0.1, 0.15) is 15.2 Å². The summed E-state index contributed by atoms with van der Waals surface area (Å²) in [5.41, 5.74) is 2.15. The molecule has 0 spiro atoms. The van der Waals surface area contributed by atoms with Crippen molar-refractivity contribution >= 4 is 50.0 Å². The summed E-state index contributed by atoms with van der Waals surface area (Å²) < 4.78 is 6.37. The maximum absolute atomic E-state index is 12.6. The van der Waals surface area contributed by atoms with Crippen molar-refractivity contribution in [2.24, 2.45) is 4.99 Å². The zero-order valence-electron chi connectivity index (χ0n) is 16.0. The number of hydrogen-bond donors (Lipinski definition) is 2. The lowest BCUT2D eigenvalue weighted by Crippen LogP contribution is -2.55. The smallest absolute Gasteiger partial charge is 0.347 e. The van der Waals surface area contributed by atoms with E-state index in [2.05, 4.69) is 31.2 Å². The molecule has 0 saturated carbocycles. The van der Waals surface area contributed by atoms with Crippen LogP contribution in [0.4, 0.5) is 5.13 Å². The van der Waals surface area contributed by atoms with E-state index < -0.39 is 5.97 Å². The van der Waals surface area contributed by atoms with Gasteiger partial charge in [0.15, 0.2) is 5.13 Å². The van der Waals surface area contributed by atoms with Gasteiger partial charge < -0.3 is 20.1 Å². The molecule has 0 radical (unpaired) electrons. The number of rotatable bonds is 6. The fourth-order valence-corrected chi connectivity index (χ4v) is 4.95. The van der Waals surface area contributed by atoms with Crippen LogP contribution in [0.1, 0.15) is 41.6 Å². The number of carbonyl (C=O) groups excluding carboxylic acids is 1. The molecule has 3 heterocycles. The Hall–Kier alpha value is -1.78. The van der Waals surface area contributed by atoms with Gasteiger partial charge >= 0.3 is 5.97 Å². The molecule has 2 aliphatic heterocycles. The third-order valence-electron chi connectivity index (χ3n) is 5.02. The highest BCUT2D eigenvalue weighted by atomic mass is 79.9. The largest absolute Gasteiger partial charge is 0.477 e. The predicted molar refractivity (Wildman–Crippen MR) is 112 cm³/mol. The number of piperidine rings is 1. The number of methoxy groups -OCH3 is 1. The van der Waals surface area contributed by atoms with Crippen LogP contribution in [0.2, 0.25) is 0 Å². The van der Waals surface area contributed by atoms with E-state index in [1.807, 2.05) is 11.8 Å². The molecule has 1 saturated heterocycles. The molecular weight excluding hydrogens is 448 g/mol. The molecular formula is C18H23BrN4O4S. The summed E-state index contributed by atoms with van der Waals surface area (Å²) in [6.07, 6.45) is 1.87. The zero-order valence-corrected chi connectivity index (χ0v) is 18.4. The van der Waals surface area contributed by atoms with Crippen LogP contribution in [-0.2, 0) is 9.53 Å². The molecule has 0 aromatic carbocycles. The molecule has 0 aliphatic carbocycles. The number of nitrogens with one attached hydrogen (secondary N) is 1. The number of anilines is 1. The van der Waals surface area contributed by atoms with Gasteiger partial charge in [-0.25, -0.2) is 14.8 Å². The third-order valence-corrected chi connectivity index (χ3v) is 6.97. The van der Waals surface area contributed by atoms with Gasteiger partial charge in [-0.05, 0) is 41.3 Å². The van der Waals surface area contributed by atoms with E-state index in [0.717, 1.165) is 16.6 Å². The van der Waals surface area contributed by atoms with Crippen LogP contribution in [0.25, 0.3) is 0 Å². The fourth-order valence-electron chi connectivity index (χ4n) is 3.38. The lowest BCUT2D eigenvalue weighted by atomic mass is 10.0. The van der Waals surface area contributed by atoms with Crippen molar-refractivity contribution in [1.82, 2.24) is 10.3 Å². The first-order chi connectivity index (χ1) is 13.3. The predicted octanol–water partition coefficient (Wildman–Crippen LogP) is 2.72. The second-order valence-electron chi connectivity index (χ2n) is 6.79. The van der Waals surface area contributed by atoms with Crippen LogP contribution < -0.4 is 10.2 Å². The second kappa shape index (κ2) is 8.71. The van der Waals surface area contributed by atoms with Gasteiger partial charge in [-0.1, -0.05) is 18.3 Å². The Morgan fingerprint density at radius 2 is 2.21 bits per heavy atom. The van der Waals surface area contributed by atoms with E-state index >= 15 is 0 Å². The minimum atomic E-state index is -0.963. The number of nitrogens with zero attached hydrogens (tertiary/aromatic N) is 3. The van der Waals surface area contributed by atoms with Crippen molar-refractivity contribution in [3.8, 4) is 0 Å². The number of halogens is 1. The van der Waals surface area contributed by atoms with E-state index in [4.69, 9.17) is 4.74 Å². The fraction of sp³-hybridized carbons (Fsp3) is 0.556. The number of aryl methyl sites for hydroxylation is 1. The SMILES string of the molecule is CCC1=C(Br)N=C(C(=O)N[C@@H]2CCN(c3nc(C)c(C(=O)O)s3)C[C@@H]2OC)C1. The number of aliphatic imine (C=N–C) groups is 1. The molecule has 28 heavy (non-hydrogen) atoms. The molecule has 2 N–H and O–H groups in total. The number of carbonyl (C=O) groups is 2. The molecule has 152 valence electrons. The summed E-state index contributed by atoms with van der Waals surface area (Å²) in [6.45, 7) is 4.93. The standard InChI is InChI=1S/C18H23BrN4O4S/c1-4-10-7-12(21-15(10)19)16(24)22-11-5-6-23(8-13(11)27-3)18-20-9(2)14(28-18)17(25)26/h11,13H,4-8H2,1-3H3,(H,22,24)(H,25,26)/t11-,13+/m1/s1. The molecule has 1 aromatic heterocycles. The number of thiazole rings is 1. The van der Waals surface area contributed by atoms with Gasteiger partial charge in [0, 0.05) is 26.6 Å². The molecule has 2 aliphatic rings. The van der Waals surface area contributed by atoms with Crippen LogP contribution >= 0.6 is 27.3 Å². The number of amides is 1. The number of ether oxygens (including phenoxy) is 1. The summed E-state index contributed by atoms with van der Waals surface area (Å²) in [7, 11) is 1.61. The molecule has 0 unspecified atom stereocenters. The third kappa shape index (κ3) is 4.28. The highest BCUT2D eigenvalue weighted by molar-refractivity contribution is 9.11. The van der Waals surface area contributed by atoms with Crippen LogP contribution in [0.5, 0.6) is 0 Å². The Kier molecular flexibility index (Phi) is 6.51. The maximum atomic E-state index is 12.6. The summed E-state index contributed by atoms with van der Waals surface area (Å²) in [4.78, 5) is 34.9. The Balaban J connectivity index is 1.64. The van der Waals surface area contributed by atoms with Crippen LogP contribution in [0.15, 0.2) is 15.2 Å². The first kappa shape index (κ1) is 20.9. The van der Waals surface area contributed by atoms with Gasteiger partial charge in [0.25, 0.3) is 5.91 Å². The van der Waals surface area contributed by atoms with E-state index in [1.165, 1.54) is 11.3 Å². The van der Waals surface area contributed by atoms with Crippen LogP contribution in [-0.4, -0.2) is 60.0 Å². The normalized spacial score (nSPS) is 22.4. The van der Waals surface area contributed by atoms with Gasteiger partial charge in [-0.2, -0.15) is 0 Å². The van der Waals surface area contributed by atoms with Crippen molar-refractivity contribution in [3.63, 3.8) is 0 Å². The Bertz CT molecular complexity index is 851. The molecule has 0 bridgehead atoms. The van der Waals surface area contributed by atoms with Crippen molar-refractivity contribution in [2.75, 3.05) is 25.1 Å². The molecule has 10 heteroatoms. The van der Waals surface area contributed by atoms with Gasteiger partial charge in [-0.15, -0.1) is 0 Å². The number of carboxylic acids is 1. The van der Waals surface area contributed by atoms with Gasteiger partial charge in [-0.3, -0.25) is 4.79 Å². The average Bonchev–Trinajstić information content (AvgIpc) is 3.24. The topological polar surface area (TPSA) is 104 Å². The van der Waals surface area contributed by atoms with Crippen molar-refractivity contribution in [3.05, 3.63) is 20.8 Å². The minimum absolute atomic E-state index is 0.138. The lowest BCUT2D eigenvalue weighted by Gasteiger charge is -2.37. The molecule has 3 rings (SSSR count). The van der Waals surface area contributed by atoms with Gasteiger partial charge in [0.05, 0.1) is 17.8 Å². The summed E-state index contributed by atoms with van der Waals surface area (Å²) >= 11 is 4.58. The van der Waals surface area contributed by atoms with Crippen molar-refractivity contribution in [2.45, 2.75) is 45.3 Å². The molecule has 8 nitrogen and oxygen atoms in total. The number of aromatic carboxylic acids is 1. The number of carboxylic acid groups (broad SMARTS) is 1. The van der Waals surface area contributed by atoms with Crippen molar-refractivity contribution < 1.29 is 19.4 Å². The maximum Gasteiger partial charge on any atom is 0.347 e. The van der Waals surface area contributed by atoms with E-state index in [0.29, 0.717) is 42.5 Å².